The molecule has 7 nitrogen and oxygen atoms in total. The van der Waals surface area contributed by atoms with Gasteiger partial charge in [0.2, 0.25) is 0 Å². The molecule has 0 aliphatic heterocycles. The third-order valence-corrected chi connectivity index (χ3v) is 2.53. The number of aromatic carboxylic acids is 1. The number of carbonyl (C=O) groups is 1. The summed E-state index contributed by atoms with van der Waals surface area (Å²) in [6.07, 6.45) is 0. The Labute approximate surface area is 100 Å². The summed E-state index contributed by atoms with van der Waals surface area (Å²) in [6.45, 7) is 0. The zero-order valence-electron chi connectivity index (χ0n) is 9.03. The van der Waals surface area contributed by atoms with Crippen LogP contribution in [0.4, 0.5) is 0 Å². The second kappa shape index (κ2) is 3.88. The molecule has 1 aromatic carbocycles. The first kappa shape index (κ1) is 10.3. The molecule has 7 heteroatoms. The zero-order chi connectivity index (χ0) is 12.5. The number of carboxylic acids is 1. The molecule has 0 atom stereocenters. The largest absolute Gasteiger partial charge is 0.478 e. The van der Waals surface area contributed by atoms with Crippen LogP contribution in [0.1, 0.15) is 10.4 Å². The van der Waals surface area contributed by atoms with Crippen molar-refractivity contribution in [1.82, 2.24) is 25.6 Å². The van der Waals surface area contributed by atoms with Crippen molar-refractivity contribution in [1.29, 1.82) is 0 Å². The van der Waals surface area contributed by atoms with Crippen LogP contribution in [-0.2, 0) is 0 Å². The van der Waals surface area contributed by atoms with Crippen LogP contribution < -0.4 is 0 Å². The second-order valence-corrected chi connectivity index (χ2v) is 3.63. The van der Waals surface area contributed by atoms with Gasteiger partial charge in [-0.2, -0.15) is 0 Å². The van der Waals surface area contributed by atoms with E-state index in [4.69, 9.17) is 0 Å². The summed E-state index contributed by atoms with van der Waals surface area (Å²) in [6, 6.07) is 8.48. The quantitative estimate of drug-likeness (QED) is 0.696. The second-order valence-electron chi connectivity index (χ2n) is 3.63. The number of carboxylic acid groups (broad SMARTS) is 1. The fourth-order valence-electron chi connectivity index (χ4n) is 1.74. The smallest absolute Gasteiger partial charge is 0.336 e. The van der Waals surface area contributed by atoms with Crippen LogP contribution in [0.15, 0.2) is 30.3 Å². The lowest BCUT2D eigenvalue weighted by Gasteiger charge is -2.04. The number of nitrogens with one attached hydrogen (secondary N) is 1. The van der Waals surface area contributed by atoms with Crippen molar-refractivity contribution in [2.24, 2.45) is 0 Å². The molecule has 0 saturated heterocycles. The summed E-state index contributed by atoms with van der Waals surface area (Å²) in [5.41, 5.74) is 1.16. The Morgan fingerprint density at radius 2 is 2.11 bits per heavy atom. The van der Waals surface area contributed by atoms with E-state index in [1.54, 1.807) is 24.3 Å². The Hall–Kier alpha value is -2.83. The molecule has 0 bridgehead atoms. The molecule has 0 fully saturated rings. The predicted octanol–water partition coefficient (Wildman–Crippen LogP) is 1.11. The van der Waals surface area contributed by atoms with Gasteiger partial charge in [-0.3, -0.25) is 0 Å². The Morgan fingerprint density at radius 1 is 1.28 bits per heavy atom. The van der Waals surface area contributed by atoms with Crippen molar-refractivity contribution in [3.8, 4) is 11.5 Å². The van der Waals surface area contributed by atoms with Crippen LogP contribution in [0.5, 0.6) is 0 Å². The number of para-hydroxylation sites is 1. The summed E-state index contributed by atoms with van der Waals surface area (Å²) >= 11 is 0. The van der Waals surface area contributed by atoms with E-state index in [1.807, 2.05) is 0 Å². The molecule has 0 saturated carbocycles. The minimum atomic E-state index is -1.01. The Bertz CT molecular complexity index is 723. The number of fused-ring (bicyclic) bond motifs is 1. The van der Waals surface area contributed by atoms with Crippen LogP contribution >= 0.6 is 0 Å². The number of hydrogen-bond donors (Lipinski definition) is 2. The van der Waals surface area contributed by atoms with Crippen molar-refractivity contribution in [3.05, 3.63) is 35.9 Å². The molecule has 0 aliphatic carbocycles. The van der Waals surface area contributed by atoms with Gasteiger partial charge in [-0.1, -0.05) is 18.2 Å². The molecule has 0 amide bonds. The zero-order valence-corrected chi connectivity index (χ0v) is 9.03. The molecule has 2 heterocycles. The van der Waals surface area contributed by atoms with Gasteiger partial charge >= 0.3 is 5.97 Å². The van der Waals surface area contributed by atoms with E-state index in [0.29, 0.717) is 22.4 Å². The Balaban J connectivity index is 2.33. The number of nitrogens with zero attached hydrogens (tertiary/aromatic N) is 4. The highest BCUT2D eigenvalue weighted by molar-refractivity contribution is 6.03. The van der Waals surface area contributed by atoms with Crippen LogP contribution in [0.25, 0.3) is 22.4 Å². The number of benzene rings is 1. The van der Waals surface area contributed by atoms with Crippen LogP contribution in [0.3, 0.4) is 0 Å². The molecular formula is C11H7N5O2. The number of aromatic nitrogens is 5. The minimum absolute atomic E-state index is 0.173. The van der Waals surface area contributed by atoms with Crippen LogP contribution in [0.2, 0.25) is 0 Å². The monoisotopic (exact) mass is 241 g/mol. The number of hydrogen-bond acceptors (Lipinski definition) is 5. The van der Waals surface area contributed by atoms with E-state index in [9.17, 15) is 9.90 Å². The van der Waals surface area contributed by atoms with Gasteiger partial charge in [0, 0.05) is 5.39 Å². The standard InChI is InChI=1S/C11H7N5O2/c17-11(18)7-5-9(10-13-15-16-14-10)12-8-4-2-1-3-6(7)8/h1-5H,(H,17,18)(H,13,14,15,16). The average Bonchev–Trinajstić information content (AvgIpc) is 2.91. The lowest BCUT2D eigenvalue weighted by molar-refractivity contribution is 0.0699. The van der Waals surface area contributed by atoms with Crippen LogP contribution in [0, 0.1) is 0 Å². The van der Waals surface area contributed by atoms with Gasteiger partial charge in [-0.25, -0.2) is 14.9 Å². The first-order valence-electron chi connectivity index (χ1n) is 5.13. The lowest BCUT2D eigenvalue weighted by atomic mass is 10.1. The number of tetrazole rings is 1. The molecule has 0 unspecified atom stereocenters. The van der Waals surface area contributed by atoms with Gasteiger partial charge in [-0.05, 0) is 22.6 Å². The molecular weight excluding hydrogens is 234 g/mol. The average molecular weight is 241 g/mol. The highest BCUT2D eigenvalue weighted by atomic mass is 16.4. The van der Waals surface area contributed by atoms with E-state index in [2.05, 4.69) is 25.6 Å². The molecule has 0 radical (unpaired) electrons. The summed E-state index contributed by atoms with van der Waals surface area (Å²) in [5, 5.41) is 23.0. The van der Waals surface area contributed by atoms with Gasteiger partial charge < -0.3 is 5.11 Å². The predicted molar refractivity (Wildman–Crippen MR) is 61.9 cm³/mol. The molecule has 3 aromatic rings. The molecule has 2 aromatic heterocycles. The summed E-state index contributed by atoms with van der Waals surface area (Å²) in [7, 11) is 0. The van der Waals surface area contributed by atoms with Crippen molar-refractivity contribution in [2.75, 3.05) is 0 Å². The first-order chi connectivity index (χ1) is 8.75. The Kier molecular flexibility index (Phi) is 2.23. The fourth-order valence-corrected chi connectivity index (χ4v) is 1.74. The SMILES string of the molecule is O=C(O)c1cc(-c2nnn[nH]2)nc2ccccc12. The normalized spacial score (nSPS) is 10.7. The summed E-state index contributed by atoms with van der Waals surface area (Å²) in [4.78, 5) is 15.6. The number of pyridine rings is 1. The number of aromatic amines is 1. The van der Waals surface area contributed by atoms with Crippen molar-refractivity contribution < 1.29 is 9.90 Å². The molecule has 18 heavy (non-hydrogen) atoms. The van der Waals surface area contributed by atoms with Gasteiger partial charge in [0.15, 0.2) is 5.82 Å². The lowest BCUT2D eigenvalue weighted by Crippen LogP contribution is -2.00. The van der Waals surface area contributed by atoms with Gasteiger partial charge in [0.1, 0.15) is 5.69 Å². The fraction of sp³-hybridized carbons (Fsp3) is 0. The van der Waals surface area contributed by atoms with Crippen LogP contribution in [-0.4, -0.2) is 36.7 Å². The van der Waals surface area contributed by atoms with Crippen molar-refractivity contribution >= 4 is 16.9 Å². The molecule has 0 spiro atoms. The molecule has 0 aliphatic rings. The third-order valence-electron chi connectivity index (χ3n) is 2.53. The van der Waals surface area contributed by atoms with Gasteiger partial charge in [-0.15, -0.1) is 5.10 Å². The van der Waals surface area contributed by atoms with Crippen molar-refractivity contribution in [2.45, 2.75) is 0 Å². The molecule has 2 N–H and O–H groups in total. The van der Waals surface area contributed by atoms with E-state index in [1.165, 1.54) is 6.07 Å². The van der Waals surface area contributed by atoms with Gasteiger partial charge in [0.05, 0.1) is 11.1 Å². The molecule has 88 valence electrons. The topological polar surface area (TPSA) is 105 Å². The first-order valence-corrected chi connectivity index (χ1v) is 5.13. The summed E-state index contributed by atoms with van der Waals surface area (Å²) in [5.74, 6) is -0.675. The highest BCUT2D eigenvalue weighted by Gasteiger charge is 2.13. The van der Waals surface area contributed by atoms with E-state index >= 15 is 0 Å². The van der Waals surface area contributed by atoms with E-state index in [0.717, 1.165) is 0 Å². The van der Waals surface area contributed by atoms with E-state index in [-0.39, 0.29) is 5.56 Å². The maximum absolute atomic E-state index is 11.2. The number of rotatable bonds is 2. The minimum Gasteiger partial charge on any atom is -0.478 e. The maximum Gasteiger partial charge on any atom is 0.336 e. The third kappa shape index (κ3) is 1.58. The highest BCUT2D eigenvalue weighted by Crippen LogP contribution is 2.22. The molecule has 3 rings (SSSR count). The number of H-pyrrole nitrogens is 1. The van der Waals surface area contributed by atoms with E-state index < -0.39 is 5.97 Å². The van der Waals surface area contributed by atoms with Crippen molar-refractivity contribution in [3.63, 3.8) is 0 Å². The maximum atomic E-state index is 11.2. The Morgan fingerprint density at radius 3 is 2.83 bits per heavy atom. The summed E-state index contributed by atoms with van der Waals surface area (Å²) < 4.78 is 0. The van der Waals surface area contributed by atoms with Gasteiger partial charge in [0.25, 0.3) is 0 Å².